The molecule has 5 heteroatoms. The third kappa shape index (κ3) is 4.90. The maximum atomic E-state index is 6.35. The van der Waals surface area contributed by atoms with Crippen molar-refractivity contribution in [1.29, 1.82) is 0 Å². The van der Waals surface area contributed by atoms with Gasteiger partial charge in [-0.15, -0.1) is 0 Å². The van der Waals surface area contributed by atoms with E-state index in [9.17, 15) is 0 Å². The normalized spacial score (nSPS) is 11.6. The number of nitrogens with zero attached hydrogens (tertiary/aromatic N) is 4. The minimum atomic E-state index is 0.622. The lowest BCUT2D eigenvalue weighted by Crippen LogP contribution is -2.02. The summed E-state index contributed by atoms with van der Waals surface area (Å²) < 4.78 is 8.74. The summed E-state index contributed by atoms with van der Waals surface area (Å²) in [6.07, 6.45) is 0. The van der Waals surface area contributed by atoms with E-state index in [2.05, 4.69) is 102 Å². The van der Waals surface area contributed by atoms with Crippen LogP contribution in [0.15, 0.2) is 168 Å². The van der Waals surface area contributed by atoms with Crippen LogP contribution in [-0.2, 0) is 0 Å². The van der Waals surface area contributed by atoms with E-state index in [-0.39, 0.29) is 0 Å². The average molecular weight is 655 g/mol. The fraction of sp³-hybridized carbons (Fsp3) is 0.0217. The molecule has 0 radical (unpaired) electrons. The van der Waals surface area contributed by atoms with Crippen molar-refractivity contribution in [2.24, 2.45) is 0 Å². The Hall–Kier alpha value is -6.85. The molecule has 0 fully saturated rings. The molecule has 51 heavy (non-hydrogen) atoms. The molecular weight excluding hydrogens is 625 g/mol. The van der Waals surface area contributed by atoms with Gasteiger partial charge in [-0.1, -0.05) is 127 Å². The van der Waals surface area contributed by atoms with Gasteiger partial charge in [0.15, 0.2) is 17.5 Å². The predicted octanol–water partition coefficient (Wildman–Crippen LogP) is 11.8. The summed E-state index contributed by atoms with van der Waals surface area (Å²) >= 11 is 0. The lowest BCUT2D eigenvalue weighted by molar-refractivity contribution is 0.669. The van der Waals surface area contributed by atoms with E-state index >= 15 is 0 Å². The zero-order valence-corrected chi connectivity index (χ0v) is 27.8. The second-order valence-electron chi connectivity index (χ2n) is 13.0. The smallest absolute Gasteiger partial charge is 0.164 e. The van der Waals surface area contributed by atoms with Gasteiger partial charge < -0.3 is 8.98 Å². The molecule has 0 unspecified atom stereocenters. The molecule has 0 saturated heterocycles. The molecule has 0 spiro atoms. The summed E-state index contributed by atoms with van der Waals surface area (Å²) in [6, 6.07) is 56.9. The zero-order chi connectivity index (χ0) is 33.9. The highest BCUT2D eigenvalue weighted by molar-refractivity contribution is 6.17. The Kier molecular flexibility index (Phi) is 6.64. The molecule has 10 aromatic rings. The van der Waals surface area contributed by atoms with Crippen molar-refractivity contribution < 1.29 is 4.42 Å². The van der Waals surface area contributed by atoms with E-state index < -0.39 is 0 Å². The molecule has 10 rings (SSSR count). The second kappa shape index (κ2) is 11.6. The average Bonchev–Trinajstić information content (AvgIpc) is 3.72. The summed E-state index contributed by atoms with van der Waals surface area (Å²) in [4.78, 5) is 15.0. The molecule has 0 aliphatic rings. The van der Waals surface area contributed by atoms with Crippen LogP contribution in [0.1, 0.15) is 5.56 Å². The van der Waals surface area contributed by atoms with Crippen molar-refractivity contribution in [3.05, 3.63) is 169 Å². The lowest BCUT2D eigenvalue weighted by Gasteiger charge is -2.16. The Labute approximate surface area is 294 Å². The van der Waals surface area contributed by atoms with Gasteiger partial charge in [0.2, 0.25) is 0 Å². The Bertz CT molecular complexity index is 2870. The molecule has 3 heterocycles. The third-order valence-electron chi connectivity index (χ3n) is 9.70. The van der Waals surface area contributed by atoms with Gasteiger partial charge in [0, 0.05) is 43.8 Å². The summed E-state index contributed by atoms with van der Waals surface area (Å²) in [5, 5.41) is 4.53. The van der Waals surface area contributed by atoms with Crippen LogP contribution in [0, 0.1) is 6.92 Å². The zero-order valence-electron chi connectivity index (χ0n) is 27.8. The number of aromatic nitrogens is 4. The van der Waals surface area contributed by atoms with Crippen LogP contribution < -0.4 is 0 Å². The Morgan fingerprint density at radius 2 is 1.04 bits per heavy atom. The molecule has 0 atom stereocenters. The highest BCUT2D eigenvalue weighted by Gasteiger charge is 2.20. The van der Waals surface area contributed by atoms with Crippen LogP contribution in [0.25, 0.3) is 94.7 Å². The standard InChI is InChI=1S/C46H30N4O/c1-29-13-12-18-32(25-29)36-26-33(46-48-44(30-14-4-2-5-15-30)47-45(49-46)31-16-6-3-7-17-31)23-24-40(36)50-39-21-10-8-19-34(39)37-28-43-38(27-41(37)50)35-20-9-11-22-42(35)51-43/h2-28H,1H3. The maximum absolute atomic E-state index is 6.35. The van der Waals surface area contributed by atoms with E-state index in [1.54, 1.807) is 0 Å². The number of rotatable bonds is 5. The van der Waals surface area contributed by atoms with Crippen LogP contribution in [-0.4, -0.2) is 19.5 Å². The van der Waals surface area contributed by atoms with E-state index in [1.807, 2.05) is 72.8 Å². The molecule has 3 aromatic heterocycles. The van der Waals surface area contributed by atoms with Gasteiger partial charge in [-0.3, -0.25) is 0 Å². The quantitative estimate of drug-likeness (QED) is 0.185. The first kappa shape index (κ1) is 29.1. The van der Waals surface area contributed by atoms with Crippen molar-refractivity contribution >= 4 is 43.7 Å². The van der Waals surface area contributed by atoms with Gasteiger partial charge in [0.05, 0.1) is 16.7 Å². The van der Waals surface area contributed by atoms with Gasteiger partial charge in [-0.05, 0) is 55.0 Å². The molecule has 0 saturated carbocycles. The lowest BCUT2D eigenvalue weighted by atomic mass is 9.98. The maximum Gasteiger partial charge on any atom is 0.164 e. The van der Waals surface area contributed by atoms with Crippen molar-refractivity contribution in [3.63, 3.8) is 0 Å². The van der Waals surface area contributed by atoms with Crippen LogP contribution in [0.5, 0.6) is 0 Å². The molecule has 5 nitrogen and oxygen atoms in total. The van der Waals surface area contributed by atoms with Crippen molar-refractivity contribution in [3.8, 4) is 51.0 Å². The predicted molar refractivity (Wildman–Crippen MR) is 208 cm³/mol. The molecule has 7 aromatic carbocycles. The summed E-state index contributed by atoms with van der Waals surface area (Å²) in [5.74, 6) is 1.90. The van der Waals surface area contributed by atoms with Gasteiger partial charge in [-0.2, -0.15) is 0 Å². The van der Waals surface area contributed by atoms with E-state index in [0.29, 0.717) is 17.5 Å². The molecule has 0 aliphatic carbocycles. The van der Waals surface area contributed by atoms with E-state index in [0.717, 1.165) is 71.9 Å². The van der Waals surface area contributed by atoms with E-state index in [1.165, 1.54) is 10.9 Å². The number of hydrogen-bond donors (Lipinski definition) is 0. The number of fused-ring (bicyclic) bond motifs is 6. The van der Waals surface area contributed by atoms with Crippen molar-refractivity contribution in [2.45, 2.75) is 6.92 Å². The molecule has 0 N–H and O–H groups in total. The summed E-state index contributed by atoms with van der Waals surface area (Å²) in [7, 11) is 0. The molecular formula is C46H30N4O. The van der Waals surface area contributed by atoms with Gasteiger partial charge in [0.25, 0.3) is 0 Å². The van der Waals surface area contributed by atoms with Crippen LogP contribution in [0.3, 0.4) is 0 Å². The van der Waals surface area contributed by atoms with Crippen molar-refractivity contribution in [2.75, 3.05) is 0 Å². The van der Waals surface area contributed by atoms with Crippen LogP contribution in [0.2, 0.25) is 0 Å². The van der Waals surface area contributed by atoms with Gasteiger partial charge in [0.1, 0.15) is 11.2 Å². The third-order valence-corrected chi connectivity index (χ3v) is 9.70. The number of para-hydroxylation sites is 2. The highest BCUT2D eigenvalue weighted by atomic mass is 16.3. The van der Waals surface area contributed by atoms with E-state index in [4.69, 9.17) is 19.4 Å². The topological polar surface area (TPSA) is 56.7 Å². The molecule has 0 amide bonds. The molecule has 240 valence electrons. The SMILES string of the molecule is Cc1cccc(-c2cc(-c3nc(-c4ccccc4)nc(-c4ccccc4)n3)ccc2-n2c3ccccc3c3cc4oc5ccccc5c4cc32)c1. The fourth-order valence-electron chi connectivity index (χ4n) is 7.30. The van der Waals surface area contributed by atoms with Gasteiger partial charge >= 0.3 is 0 Å². The fourth-order valence-corrected chi connectivity index (χ4v) is 7.30. The first-order valence-corrected chi connectivity index (χ1v) is 17.1. The minimum Gasteiger partial charge on any atom is -0.456 e. The highest BCUT2D eigenvalue weighted by Crippen LogP contribution is 2.41. The van der Waals surface area contributed by atoms with Crippen molar-refractivity contribution in [1.82, 2.24) is 19.5 Å². The summed E-state index contributed by atoms with van der Waals surface area (Å²) in [6.45, 7) is 2.14. The Balaban J connectivity index is 1.25. The largest absolute Gasteiger partial charge is 0.456 e. The summed E-state index contributed by atoms with van der Waals surface area (Å²) in [5.41, 5.74) is 11.3. The van der Waals surface area contributed by atoms with Gasteiger partial charge in [-0.25, -0.2) is 15.0 Å². The number of hydrogen-bond acceptors (Lipinski definition) is 4. The monoisotopic (exact) mass is 654 g/mol. The van der Waals surface area contributed by atoms with Crippen LogP contribution in [0.4, 0.5) is 0 Å². The first-order valence-electron chi connectivity index (χ1n) is 17.1. The minimum absolute atomic E-state index is 0.622. The number of aryl methyl sites for hydroxylation is 1. The molecule has 0 aliphatic heterocycles. The number of furan rings is 1. The Morgan fingerprint density at radius 1 is 0.412 bits per heavy atom. The number of benzene rings is 7. The van der Waals surface area contributed by atoms with Crippen LogP contribution >= 0.6 is 0 Å². The molecule has 0 bridgehead atoms. The first-order chi connectivity index (χ1) is 25.2. The Morgan fingerprint density at radius 3 is 1.76 bits per heavy atom. The second-order valence-corrected chi connectivity index (χ2v) is 13.0.